The number of nitrogens with two attached hydrogens (primary N) is 1. The average molecular weight is 473 g/mol. The SMILES string of the molecule is N/C(=N\C(=O)Nc1cccc2c1C=CNC2)C1CCCN(Cc2cccc(N3CCCCC3)c2)C1. The Hall–Kier alpha value is -3.32. The van der Waals surface area contributed by atoms with Gasteiger partial charge in [0, 0.05) is 49.9 Å². The first kappa shape index (κ1) is 23.4. The van der Waals surface area contributed by atoms with Crippen molar-refractivity contribution in [2.24, 2.45) is 16.6 Å². The van der Waals surface area contributed by atoms with Gasteiger partial charge >= 0.3 is 6.03 Å². The maximum Gasteiger partial charge on any atom is 0.347 e. The van der Waals surface area contributed by atoms with E-state index in [2.05, 4.69) is 55.8 Å². The normalized spacial score (nSPS) is 20.7. The number of rotatable bonds is 5. The number of nitrogens with zero attached hydrogens (tertiary/aromatic N) is 3. The standard InChI is InChI=1S/C28H36N6O/c29-27(32-28(35)31-26-11-5-8-22-18-30-13-12-25(22)26)23-9-6-14-33(20-23)19-21-7-4-10-24(17-21)34-15-2-1-3-16-34/h4-5,7-8,10-13,17,23,30H,1-3,6,9,14-16,18-20H2,(H3,29,31,32,35). The lowest BCUT2D eigenvalue weighted by Gasteiger charge is -2.33. The van der Waals surface area contributed by atoms with Gasteiger partial charge in [-0.3, -0.25) is 4.90 Å². The Bertz CT molecular complexity index is 1100. The molecule has 3 aliphatic heterocycles. The van der Waals surface area contributed by atoms with Crippen molar-refractivity contribution in [2.75, 3.05) is 36.4 Å². The fourth-order valence-corrected chi connectivity index (χ4v) is 5.44. The van der Waals surface area contributed by atoms with Crippen LogP contribution in [-0.4, -0.2) is 42.9 Å². The van der Waals surface area contributed by atoms with Crippen LogP contribution in [0.4, 0.5) is 16.2 Å². The number of aliphatic imine (C=N–C) groups is 1. The van der Waals surface area contributed by atoms with E-state index >= 15 is 0 Å². The highest BCUT2D eigenvalue weighted by Gasteiger charge is 2.24. The number of carbonyl (C=O) groups is 1. The van der Waals surface area contributed by atoms with Crippen LogP contribution in [0.5, 0.6) is 0 Å². The van der Waals surface area contributed by atoms with Crippen LogP contribution < -0.4 is 21.3 Å². The summed E-state index contributed by atoms with van der Waals surface area (Å²) in [6, 6.07) is 14.4. The van der Waals surface area contributed by atoms with E-state index < -0.39 is 6.03 Å². The second-order valence-electron chi connectivity index (χ2n) is 9.85. The zero-order valence-corrected chi connectivity index (χ0v) is 20.4. The number of amides is 2. The highest BCUT2D eigenvalue weighted by molar-refractivity contribution is 6.01. The highest BCUT2D eigenvalue weighted by Crippen LogP contribution is 2.25. The molecule has 3 aliphatic rings. The van der Waals surface area contributed by atoms with Gasteiger partial charge in [0.2, 0.25) is 0 Å². The summed E-state index contributed by atoms with van der Waals surface area (Å²) in [6.07, 6.45) is 9.79. The molecule has 7 heteroatoms. The van der Waals surface area contributed by atoms with Crippen molar-refractivity contribution in [2.45, 2.75) is 45.2 Å². The van der Waals surface area contributed by atoms with E-state index in [9.17, 15) is 4.79 Å². The van der Waals surface area contributed by atoms with Crippen molar-refractivity contribution in [1.82, 2.24) is 10.2 Å². The van der Waals surface area contributed by atoms with E-state index in [4.69, 9.17) is 5.73 Å². The summed E-state index contributed by atoms with van der Waals surface area (Å²) in [5, 5.41) is 6.11. The quantitative estimate of drug-likeness (QED) is 0.439. The summed E-state index contributed by atoms with van der Waals surface area (Å²) in [5.74, 6) is 0.518. The van der Waals surface area contributed by atoms with Crippen LogP contribution in [0.3, 0.4) is 0 Å². The lowest BCUT2D eigenvalue weighted by Crippen LogP contribution is -2.41. The van der Waals surface area contributed by atoms with E-state index in [1.807, 2.05) is 24.4 Å². The lowest BCUT2D eigenvalue weighted by molar-refractivity contribution is 0.196. The third-order valence-corrected chi connectivity index (χ3v) is 7.29. The van der Waals surface area contributed by atoms with Crippen LogP contribution in [0.2, 0.25) is 0 Å². The van der Waals surface area contributed by atoms with Gasteiger partial charge in [-0.25, -0.2) is 4.79 Å². The van der Waals surface area contributed by atoms with Crippen molar-refractivity contribution in [3.05, 3.63) is 65.4 Å². The molecule has 1 atom stereocenters. The number of anilines is 2. The maximum atomic E-state index is 12.7. The van der Waals surface area contributed by atoms with Gasteiger partial charge < -0.3 is 21.3 Å². The molecule has 7 nitrogen and oxygen atoms in total. The molecular formula is C28H36N6O. The first-order valence-electron chi connectivity index (χ1n) is 12.9. The molecule has 5 rings (SSSR count). The van der Waals surface area contributed by atoms with Gasteiger partial charge in [-0.2, -0.15) is 4.99 Å². The second kappa shape index (κ2) is 11.0. The van der Waals surface area contributed by atoms with Crippen molar-refractivity contribution < 1.29 is 4.79 Å². The minimum atomic E-state index is -0.408. The monoisotopic (exact) mass is 472 g/mol. The van der Waals surface area contributed by atoms with Gasteiger partial charge in [0.05, 0.1) is 5.69 Å². The fraction of sp³-hybridized carbons (Fsp3) is 0.429. The topological polar surface area (TPSA) is 86.0 Å². The fourth-order valence-electron chi connectivity index (χ4n) is 5.44. The molecule has 35 heavy (non-hydrogen) atoms. The summed E-state index contributed by atoms with van der Waals surface area (Å²) >= 11 is 0. The van der Waals surface area contributed by atoms with Crippen LogP contribution in [-0.2, 0) is 13.1 Å². The number of amidine groups is 1. The number of nitrogens with one attached hydrogen (secondary N) is 2. The van der Waals surface area contributed by atoms with Crippen LogP contribution in [0, 0.1) is 5.92 Å². The Morgan fingerprint density at radius 1 is 1.09 bits per heavy atom. The van der Waals surface area contributed by atoms with Gasteiger partial charge in [0.15, 0.2) is 0 Å². The summed E-state index contributed by atoms with van der Waals surface area (Å²) < 4.78 is 0. The Kier molecular flexibility index (Phi) is 7.33. The number of fused-ring (bicyclic) bond motifs is 1. The van der Waals surface area contributed by atoms with Gasteiger partial charge in [-0.1, -0.05) is 24.3 Å². The predicted octanol–water partition coefficient (Wildman–Crippen LogP) is 4.55. The van der Waals surface area contributed by atoms with E-state index in [1.54, 1.807) is 0 Å². The molecule has 2 aromatic carbocycles. The van der Waals surface area contributed by atoms with E-state index in [-0.39, 0.29) is 5.92 Å². The second-order valence-corrected chi connectivity index (χ2v) is 9.85. The molecule has 2 aromatic rings. The molecule has 2 amide bonds. The summed E-state index contributed by atoms with van der Waals surface area (Å²) in [6.45, 7) is 5.83. The third kappa shape index (κ3) is 5.85. The first-order chi connectivity index (χ1) is 17.2. The molecule has 0 saturated carbocycles. The molecule has 2 saturated heterocycles. The third-order valence-electron chi connectivity index (χ3n) is 7.29. The predicted molar refractivity (Wildman–Crippen MR) is 143 cm³/mol. The Morgan fingerprint density at radius 2 is 1.94 bits per heavy atom. The number of carbonyl (C=O) groups excluding carboxylic acids is 1. The van der Waals surface area contributed by atoms with E-state index in [1.165, 1.54) is 30.5 Å². The number of hydrogen-bond donors (Lipinski definition) is 3. The largest absolute Gasteiger partial charge is 0.387 e. The Morgan fingerprint density at radius 3 is 2.83 bits per heavy atom. The first-order valence-corrected chi connectivity index (χ1v) is 12.9. The average Bonchev–Trinajstić information content (AvgIpc) is 2.90. The lowest BCUT2D eigenvalue weighted by atomic mass is 9.96. The number of likely N-dealkylation sites (tertiary alicyclic amines) is 1. The molecule has 1 unspecified atom stereocenters. The van der Waals surface area contributed by atoms with Gasteiger partial charge in [0.1, 0.15) is 5.84 Å². The van der Waals surface area contributed by atoms with Crippen molar-refractivity contribution in [3.8, 4) is 0 Å². The van der Waals surface area contributed by atoms with Crippen molar-refractivity contribution >= 4 is 29.3 Å². The molecule has 0 radical (unpaired) electrons. The summed E-state index contributed by atoms with van der Waals surface area (Å²) in [4.78, 5) is 21.9. The molecule has 184 valence electrons. The number of urea groups is 1. The van der Waals surface area contributed by atoms with Crippen molar-refractivity contribution in [1.29, 1.82) is 0 Å². The van der Waals surface area contributed by atoms with Crippen molar-refractivity contribution in [3.63, 3.8) is 0 Å². The minimum absolute atomic E-state index is 0.0913. The van der Waals surface area contributed by atoms with Gasteiger partial charge in [-0.05, 0) is 80.3 Å². The van der Waals surface area contributed by atoms with Crippen LogP contribution in [0.1, 0.15) is 48.8 Å². The zero-order chi connectivity index (χ0) is 24.0. The van der Waals surface area contributed by atoms with Crippen LogP contribution >= 0.6 is 0 Å². The van der Waals surface area contributed by atoms with Crippen LogP contribution in [0.15, 0.2) is 53.7 Å². The van der Waals surface area contributed by atoms with Crippen LogP contribution in [0.25, 0.3) is 6.08 Å². The molecule has 0 aliphatic carbocycles. The minimum Gasteiger partial charge on any atom is -0.387 e. The molecule has 2 fully saturated rings. The Labute approximate surface area is 208 Å². The summed E-state index contributed by atoms with van der Waals surface area (Å²) in [7, 11) is 0. The van der Waals surface area contributed by atoms with E-state index in [0.717, 1.165) is 68.9 Å². The molecule has 3 heterocycles. The number of hydrogen-bond acceptors (Lipinski definition) is 4. The molecule has 0 bridgehead atoms. The smallest absolute Gasteiger partial charge is 0.347 e. The van der Waals surface area contributed by atoms with Gasteiger partial charge in [0.25, 0.3) is 0 Å². The molecule has 0 aromatic heterocycles. The van der Waals surface area contributed by atoms with E-state index in [0.29, 0.717) is 5.84 Å². The van der Waals surface area contributed by atoms with Gasteiger partial charge in [-0.15, -0.1) is 0 Å². The number of benzene rings is 2. The zero-order valence-electron chi connectivity index (χ0n) is 20.4. The molecule has 4 N–H and O–H groups in total. The maximum absolute atomic E-state index is 12.7. The number of piperidine rings is 2. The molecular weight excluding hydrogens is 436 g/mol. The highest BCUT2D eigenvalue weighted by atomic mass is 16.2. The summed E-state index contributed by atoms with van der Waals surface area (Å²) in [5.41, 5.74) is 11.9. The Balaban J connectivity index is 1.20. The molecule has 0 spiro atoms.